The molecule has 2 unspecified atom stereocenters. The van der Waals surface area contributed by atoms with Gasteiger partial charge in [0, 0.05) is 6.42 Å². The minimum Gasteiger partial charge on any atom is -0.243 e. The molecule has 0 aromatic rings. The Kier molecular flexibility index (Phi) is 4.29. The van der Waals surface area contributed by atoms with Gasteiger partial charge in [0.2, 0.25) is 0 Å². The Hall–Kier alpha value is -0.680. The topological polar surface area (TPSA) is 0 Å². The summed E-state index contributed by atoms with van der Waals surface area (Å²) in [6.45, 7) is 2.87. The molecule has 0 aromatic heterocycles. The third-order valence-electron chi connectivity index (χ3n) is 1.40. The highest BCUT2D eigenvalue weighted by Crippen LogP contribution is 2.31. The van der Waals surface area contributed by atoms with Gasteiger partial charge >= 0.3 is 12.3 Å². The summed E-state index contributed by atoms with van der Waals surface area (Å²) < 4.78 is 71.8. The van der Waals surface area contributed by atoms with Crippen LogP contribution in [0.3, 0.4) is 0 Å². The molecule has 0 saturated heterocycles. The van der Waals surface area contributed by atoms with E-state index in [2.05, 4.69) is 6.58 Å². The van der Waals surface area contributed by atoms with Gasteiger partial charge in [0.05, 0.1) is 0 Å². The van der Waals surface area contributed by atoms with E-state index in [0.29, 0.717) is 6.08 Å². The first kappa shape index (κ1) is 12.3. The number of alkyl halides is 6. The van der Waals surface area contributed by atoms with Crippen LogP contribution in [0.2, 0.25) is 0 Å². The van der Waals surface area contributed by atoms with Gasteiger partial charge in [-0.2, -0.15) is 8.78 Å². The van der Waals surface area contributed by atoms with E-state index in [1.54, 1.807) is 0 Å². The van der Waals surface area contributed by atoms with Crippen LogP contribution in [-0.4, -0.2) is 24.7 Å². The van der Waals surface area contributed by atoms with Crippen LogP contribution in [0.25, 0.3) is 0 Å². The van der Waals surface area contributed by atoms with Crippen molar-refractivity contribution in [3.8, 4) is 0 Å². The van der Waals surface area contributed by atoms with Crippen LogP contribution < -0.4 is 0 Å². The molecule has 0 radical (unpaired) electrons. The van der Waals surface area contributed by atoms with Crippen molar-refractivity contribution in [2.24, 2.45) is 0 Å². The van der Waals surface area contributed by atoms with Gasteiger partial charge in [-0.25, -0.2) is 17.6 Å². The Morgan fingerprint density at radius 1 is 1.15 bits per heavy atom. The quantitative estimate of drug-likeness (QED) is 0.478. The van der Waals surface area contributed by atoms with Crippen molar-refractivity contribution in [3.63, 3.8) is 0 Å². The van der Waals surface area contributed by atoms with Gasteiger partial charge in [-0.15, -0.1) is 6.58 Å². The van der Waals surface area contributed by atoms with Crippen LogP contribution in [0, 0.1) is 0 Å². The summed E-state index contributed by atoms with van der Waals surface area (Å²) in [5, 5.41) is 0. The van der Waals surface area contributed by atoms with E-state index in [-0.39, 0.29) is 0 Å². The second kappa shape index (κ2) is 4.53. The lowest BCUT2D eigenvalue weighted by Crippen LogP contribution is -2.38. The highest BCUT2D eigenvalue weighted by Gasteiger charge is 2.49. The summed E-state index contributed by atoms with van der Waals surface area (Å²) in [5.74, 6) is -4.80. The molecule has 0 N–H and O–H groups in total. The zero-order valence-corrected chi connectivity index (χ0v) is 6.49. The van der Waals surface area contributed by atoms with Gasteiger partial charge in [0.25, 0.3) is 0 Å². The van der Waals surface area contributed by atoms with Crippen molar-refractivity contribution in [1.29, 1.82) is 0 Å². The highest BCUT2D eigenvalue weighted by molar-refractivity contribution is 4.87. The smallest absolute Gasteiger partial charge is 0.243 e. The van der Waals surface area contributed by atoms with Crippen LogP contribution in [0.15, 0.2) is 12.7 Å². The molecule has 0 nitrogen and oxygen atoms in total. The first-order chi connectivity index (χ1) is 5.82. The average molecular weight is 206 g/mol. The minimum atomic E-state index is -4.80. The third kappa shape index (κ3) is 3.28. The molecule has 0 saturated carbocycles. The zero-order chi connectivity index (χ0) is 10.6. The second-order valence-corrected chi connectivity index (χ2v) is 2.43. The molecule has 0 spiro atoms. The van der Waals surface area contributed by atoms with Crippen LogP contribution in [0.5, 0.6) is 0 Å². The molecule has 6 heteroatoms. The highest BCUT2D eigenvalue weighted by atomic mass is 19.3. The summed E-state index contributed by atoms with van der Waals surface area (Å²) in [6.07, 6.45) is -10.1. The van der Waals surface area contributed by atoms with Gasteiger partial charge in [0.15, 0.2) is 6.17 Å². The standard InChI is InChI=1S/C7H8F6/c1-2-4(8)3-5(9)7(12,13)6(10)11/h2,4-6H,1,3H2. The van der Waals surface area contributed by atoms with Crippen molar-refractivity contribution >= 4 is 0 Å². The Morgan fingerprint density at radius 2 is 1.62 bits per heavy atom. The maximum atomic E-state index is 12.4. The van der Waals surface area contributed by atoms with Gasteiger partial charge in [-0.05, 0) is 0 Å². The summed E-state index contributed by atoms with van der Waals surface area (Å²) in [6, 6.07) is 0. The van der Waals surface area contributed by atoms with E-state index in [1.165, 1.54) is 0 Å². The predicted octanol–water partition coefficient (Wildman–Crippen LogP) is 3.14. The lowest BCUT2D eigenvalue weighted by Gasteiger charge is -2.19. The van der Waals surface area contributed by atoms with Crippen molar-refractivity contribution in [1.82, 2.24) is 0 Å². The summed E-state index contributed by atoms with van der Waals surface area (Å²) in [5.41, 5.74) is 0. The van der Waals surface area contributed by atoms with E-state index < -0.39 is 31.1 Å². The first-order valence-electron chi connectivity index (χ1n) is 3.39. The van der Waals surface area contributed by atoms with E-state index in [0.717, 1.165) is 0 Å². The Bertz CT molecular complexity index is 166. The monoisotopic (exact) mass is 206 g/mol. The number of rotatable bonds is 5. The molecular formula is C7H8F6. The predicted molar refractivity (Wildman–Crippen MR) is 35.6 cm³/mol. The summed E-state index contributed by atoms with van der Waals surface area (Å²) in [4.78, 5) is 0. The number of allylic oxidation sites excluding steroid dienone is 1. The molecule has 0 aliphatic heterocycles. The Morgan fingerprint density at radius 3 is 1.92 bits per heavy atom. The number of hydrogen-bond donors (Lipinski definition) is 0. The minimum absolute atomic E-state index is 0.578. The van der Waals surface area contributed by atoms with Gasteiger partial charge < -0.3 is 0 Å². The molecule has 0 fully saturated rings. The molecule has 0 aliphatic rings. The van der Waals surface area contributed by atoms with Crippen LogP contribution in [-0.2, 0) is 0 Å². The molecule has 0 bridgehead atoms. The molecule has 13 heavy (non-hydrogen) atoms. The van der Waals surface area contributed by atoms with E-state index in [4.69, 9.17) is 0 Å². The maximum absolute atomic E-state index is 12.4. The SMILES string of the molecule is C=CC(F)CC(F)C(F)(F)C(F)F. The maximum Gasteiger partial charge on any atom is 0.337 e. The van der Waals surface area contributed by atoms with Crippen LogP contribution in [0.4, 0.5) is 26.3 Å². The van der Waals surface area contributed by atoms with E-state index >= 15 is 0 Å². The Balaban J connectivity index is 4.24. The molecule has 78 valence electrons. The molecule has 0 aliphatic carbocycles. The molecule has 0 heterocycles. The van der Waals surface area contributed by atoms with Crippen LogP contribution in [0.1, 0.15) is 6.42 Å². The first-order valence-corrected chi connectivity index (χ1v) is 3.39. The fourth-order valence-electron chi connectivity index (χ4n) is 0.588. The lowest BCUT2D eigenvalue weighted by molar-refractivity contribution is -0.173. The van der Waals surface area contributed by atoms with E-state index in [1.807, 2.05) is 0 Å². The van der Waals surface area contributed by atoms with Gasteiger partial charge in [0.1, 0.15) is 6.17 Å². The van der Waals surface area contributed by atoms with E-state index in [9.17, 15) is 26.3 Å². The van der Waals surface area contributed by atoms with Crippen molar-refractivity contribution in [3.05, 3.63) is 12.7 Å². The normalized spacial score (nSPS) is 17.2. The largest absolute Gasteiger partial charge is 0.337 e. The fourth-order valence-corrected chi connectivity index (χ4v) is 0.588. The zero-order valence-electron chi connectivity index (χ0n) is 6.49. The number of halogens is 6. The number of hydrogen-bond acceptors (Lipinski definition) is 0. The summed E-state index contributed by atoms with van der Waals surface area (Å²) in [7, 11) is 0. The second-order valence-electron chi connectivity index (χ2n) is 2.43. The fraction of sp³-hybridized carbons (Fsp3) is 0.714. The molecule has 0 rings (SSSR count). The Labute approximate surface area is 71.2 Å². The van der Waals surface area contributed by atoms with Crippen molar-refractivity contribution in [2.75, 3.05) is 0 Å². The van der Waals surface area contributed by atoms with Gasteiger partial charge in [-0.3, -0.25) is 0 Å². The molecule has 0 aromatic carbocycles. The molecular weight excluding hydrogens is 198 g/mol. The lowest BCUT2D eigenvalue weighted by atomic mass is 10.1. The molecule has 2 atom stereocenters. The van der Waals surface area contributed by atoms with Crippen molar-refractivity contribution < 1.29 is 26.3 Å². The summed E-state index contributed by atoms with van der Waals surface area (Å²) >= 11 is 0. The average Bonchev–Trinajstić information content (AvgIpc) is 2.03. The van der Waals surface area contributed by atoms with Gasteiger partial charge in [-0.1, -0.05) is 6.08 Å². The molecule has 0 amide bonds. The van der Waals surface area contributed by atoms with Crippen molar-refractivity contribution in [2.45, 2.75) is 31.1 Å². The van der Waals surface area contributed by atoms with Crippen LogP contribution >= 0.6 is 0 Å². The third-order valence-corrected chi connectivity index (χ3v) is 1.40.